The molecule has 1 aromatic heterocycles. The van der Waals surface area contributed by atoms with Crippen molar-refractivity contribution in [3.05, 3.63) is 77.6 Å². The normalized spacial score (nSPS) is 10.6. The first kappa shape index (κ1) is 24.8. The van der Waals surface area contributed by atoms with Crippen LogP contribution in [0.5, 0.6) is 23.0 Å². The lowest BCUT2D eigenvalue weighted by Gasteiger charge is -2.14. The molecule has 0 unspecified atom stereocenters. The molecule has 1 N–H and O–H groups in total. The Hall–Kier alpha value is -3.88. The van der Waals surface area contributed by atoms with Gasteiger partial charge in [-0.1, -0.05) is 12.1 Å². The Kier molecular flexibility index (Phi) is 9.02. The zero-order valence-electron chi connectivity index (χ0n) is 18.9. The van der Waals surface area contributed by atoms with E-state index in [2.05, 4.69) is 15.0 Å². The number of nitrogens with zero attached hydrogens (tertiary/aromatic N) is 1. The Bertz CT molecular complexity index is 1080. The van der Waals surface area contributed by atoms with Gasteiger partial charge in [0.05, 0.1) is 13.7 Å². The molecule has 0 fully saturated rings. The highest BCUT2D eigenvalue weighted by Crippen LogP contribution is 2.30. The second-order valence-electron chi connectivity index (χ2n) is 7.11. The number of alkyl halides is 2. The van der Waals surface area contributed by atoms with Crippen molar-refractivity contribution in [2.24, 2.45) is 0 Å². The molecule has 0 bridgehead atoms. The largest absolute Gasteiger partial charge is 0.493 e. The number of nitrogens with one attached hydrogen (secondary N) is 1. The summed E-state index contributed by atoms with van der Waals surface area (Å²) in [5, 5.41) is 2.82. The predicted octanol–water partition coefficient (Wildman–Crippen LogP) is 4.64. The summed E-state index contributed by atoms with van der Waals surface area (Å²) in [6.07, 6.45) is 3.82. The number of methoxy groups -OCH3 is 1. The van der Waals surface area contributed by atoms with Crippen LogP contribution in [0.15, 0.2) is 60.9 Å². The fourth-order valence-electron chi connectivity index (χ4n) is 3.17. The van der Waals surface area contributed by atoms with Crippen LogP contribution in [0.3, 0.4) is 0 Å². The Labute approximate surface area is 196 Å². The molecule has 1 amide bonds. The summed E-state index contributed by atoms with van der Waals surface area (Å²) < 4.78 is 46.2. The zero-order chi connectivity index (χ0) is 24.3. The fourth-order valence-corrected chi connectivity index (χ4v) is 3.17. The quantitative estimate of drug-likeness (QED) is 0.414. The lowest BCUT2D eigenvalue weighted by molar-refractivity contribution is -0.0512. The second-order valence-corrected chi connectivity index (χ2v) is 7.11. The molecule has 34 heavy (non-hydrogen) atoms. The van der Waals surface area contributed by atoms with Crippen molar-refractivity contribution in [1.82, 2.24) is 10.3 Å². The van der Waals surface area contributed by atoms with Crippen molar-refractivity contribution in [3.8, 4) is 23.0 Å². The monoisotopic (exact) mass is 472 g/mol. The molecular weight excluding hydrogens is 446 g/mol. The van der Waals surface area contributed by atoms with Crippen molar-refractivity contribution in [2.75, 3.05) is 20.3 Å². The number of hydrogen-bond acceptors (Lipinski definition) is 6. The minimum absolute atomic E-state index is 0.0513. The molecule has 2 aromatic carbocycles. The smallest absolute Gasteiger partial charge is 0.387 e. The molecule has 3 aromatic rings. The maximum absolute atomic E-state index is 12.6. The summed E-state index contributed by atoms with van der Waals surface area (Å²) >= 11 is 0. The molecule has 0 aliphatic rings. The number of amides is 1. The molecule has 9 heteroatoms. The zero-order valence-corrected chi connectivity index (χ0v) is 18.9. The summed E-state index contributed by atoms with van der Waals surface area (Å²) in [5.74, 6) is 0.847. The molecule has 3 rings (SSSR count). The molecule has 7 nitrogen and oxygen atoms in total. The van der Waals surface area contributed by atoms with Crippen molar-refractivity contribution < 1.29 is 32.5 Å². The number of hydrogen-bond donors (Lipinski definition) is 1. The van der Waals surface area contributed by atoms with Gasteiger partial charge < -0.3 is 24.3 Å². The van der Waals surface area contributed by atoms with E-state index in [9.17, 15) is 13.6 Å². The molecule has 0 saturated carbocycles. The van der Waals surface area contributed by atoms with Crippen LogP contribution in [0.2, 0.25) is 0 Å². The van der Waals surface area contributed by atoms with Crippen LogP contribution < -0.4 is 24.3 Å². The van der Waals surface area contributed by atoms with Gasteiger partial charge in [-0.15, -0.1) is 0 Å². The number of rotatable bonds is 12. The van der Waals surface area contributed by atoms with E-state index in [0.717, 1.165) is 5.56 Å². The van der Waals surface area contributed by atoms with Crippen molar-refractivity contribution in [3.63, 3.8) is 0 Å². The second kappa shape index (κ2) is 12.4. The van der Waals surface area contributed by atoms with Crippen molar-refractivity contribution >= 4 is 5.91 Å². The summed E-state index contributed by atoms with van der Waals surface area (Å²) in [7, 11) is 1.37. The summed E-state index contributed by atoms with van der Waals surface area (Å²) in [6, 6.07) is 13.4. The molecule has 0 spiro atoms. The molecule has 0 atom stereocenters. The van der Waals surface area contributed by atoms with Gasteiger partial charge in [0.1, 0.15) is 6.61 Å². The van der Waals surface area contributed by atoms with Gasteiger partial charge >= 0.3 is 6.61 Å². The highest BCUT2D eigenvalue weighted by Gasteiger charge is 2.14. The molecule has 0 aliphatic heterocycles. The number of pyridine rings is 1. The van der Waals surface area contributed by atoms with E-state index < -0.39 is 6.61 Å². The van der Waals surface area contributed by atoms with Crippen LogP contribution in [-0.4, -0.2) is 37.8 Å². The van der Waals surface area contributed by atoms with Crippen molar-refractivity contribution in [1.29, 1.82) is 0 Å². The number of ether oxygens (including phenoxy) is 4. The maximum Gasteiger partial charge on any atom is 0.387 e. The van der Waals surface area contributed by atoms with Crippen LogP contribution in [0.1, 0.15) is 28.4 Å². The Balaban J connectivity index is 1.60. The van der Waals surface area contributed by atoms with Crippen molar-refractivity contribution in [2.45, 2.75) is 26.6 Å². The third kappa shape index (κ3) is 7.06. The topological polar surface area (TPSA) is 78.9 Å². The number of halogens is 2. The average molecular weight is 472 g/mol. The minimum Gasteiger partial charge on any atom is -0.493 e. The highest BCUT2D eigenvalue weighted by atomic mass is 19.3. The molecule has 0 aliphatic carbocycles. The molecule has 0 radical (unpaired) electrons. The van der Waals surface area contributed by atoms with Gasteiger partial charge in [-0.05, 0) is 55.3 Å². The fraction of sp³-hybridized carbons (Fsp3) is 0.280. The van der Waals surface area contributed by atoms with E-state index in [1.165, 1.54) is 13.2 Å². The summed E-state index contributed by atoms with van der Waals surface area (Å²) in [5.41, 5.74) is 2.03. The average Bonchev–Trinajstić information content (AvgIpc) is 2.84. The maximum atomic E-state index is 12.6. The van der Waals surface area contributed by atoms with Gasteiger partial charge in [0.15, 0.2) is 23.0 Å². The Morgan fingerprint density at radius 2 is 1.82 bits per heavy atom. The number of benzene rings is 2. The van der Waals surface area contributed by atoms with Crippen LogP contribution in [0.25, 0.3) is 0 Å². The Morgan fingerprint density at radius 3 is 2.53 bits per heavy atom. The van der Waals surface area contributed by atoms with E-state index >= 15 is 0 Å². The van der Waals surface area contributed by atoms with Gasteiger partial charge in [-0.2, -0.15) is 8.78 Å². The molecule has 1 heterocycles. The van der Waals surface area contributed by atoms with E-state index in [-0.39, 0.29) is 17.4 Å². The SMILES string of the molecule is CCOc1cc(C(=O)NCCc2ccc(OC)c(OC(F)F)c2)ccc1OCc1cccnc1. The molecule has 0 saturated heterocycles. The first-order valence-electron chi connectivity index (χ1n) is 10.7. The standard InChI is InChI=1S/C25H26F2N2O5/c1-3-32-22-14-19(7-9-21(22)33-16-18-5-4-11-28-15-18)24(30)29-12-10-17-6-8-20(31-2)23(13-17)34-25(26)27/h4-9,11,13-15,25H,3,10,12,16H2,1-2H3,(H,29,30). The third-order valence-electron chi connectivity index (χ3n) is 4.77. The third-order valence-corrected chi connectivity index (χ3v) is 4.77. The predicted molar refractivity (Wildman–Crippen MR) is 122 cm³/mol. The number of carbonyl (C=O) groups excluding carboxylic acids is 1. The first-order valence-corrected chi connectivity index (χ1v) is 10.7. The van der Waals surface area contributed by atoms with E-state index in [1.54, 1.807) is 42.7 Å². The Morgan fingerprint density at radius 1 is 1.00 bits per heavy atom. The van der Waals surface area contributed by atoms with Gasteiger partial charge in [-0.3, -0.25) is 9.78 Å². The first-order chi connectivity index (χ1) is 16.5. The highest BCUT2D eigenvalue weighted by molar-refractivity contribution is 5.94. The van der Waals surface area contributed by atoms with Crippen LogP contribution >= 0.6 is 0 Å². The summed E-state index contributed by atoms with van der Waals surface area (Å²) in [4.78, 5) is 16.7. The lowest BCUT2D eigenvalue weighted by atomic mass is 10.1. The van der Waals surface area contributed by atoms with Gasteiger partial charge in [0.25, 0.3) is 5.91 Å². The number of carbonyl (C=O) groups is 1. The summed E-state index contributed by atoms with van der Waals surface area (Å²) in [6.45, 7) is -0.0892. The minimum atomic E-state index is -2.96. The van der Waals surface area contributed by atoms with E-state index in [4.69, 9.17) is 14.2 Å². The van der Waals surface area contributed by atoms with Crippen LogP contribution in [0, 0.1) is 0 Å². The van der Waals surface area contributed by atoms with Gasteiger partial charge in [-0.25, -0.2) is 0 Å². The van der Waals surface area contributed by atoms with Crippen LogP contribution in [-0.2, 0) is 13.0 Å². The molecular formula is C25H26F2N2O5. The lowest BCUT2D eigenvalue weighted by Crippen LogP contribution is -2.25. The van der Waals surface area contributed by atoms with Gasteiger partial charge in [0.2, 0.25) is 0 Å². The van der Waals surface area contributed by atoms with Gasteiger partial charge in [0, 0.05) is 30.1 Å². The van der Waals surface area contributed by atoms with Crippen LogP contribution in [0.4, 0.5) is 8.78 Å². The van der Waals surface area contributed by atoms with E-state index in [1.807, 2.05) is 19.1 Å². The number of aromatic nitrogens is 1. The van der Waals surface area contributed by atoms with E-state index in [0.29, 0.717) is 48.8 Å². The molecule has 180 valence electrons.